The second-order valence-corrected chi connectivity index (χ2v) is 2.74. The molecule has 0 fully saturated rings. The minimum atomic E-state index is -3.13. The maximum Gasteiger partial charge on any atom is 0.343 e. The Bertz CT molecular complexity index is 409. The lowest BCUT2D eigenvalue weighted by molar-refractivity contribution is 0.0505. The van der Waals surface area contributed by atoms with Gasteiger partial charge in [-0.15, -0.1) is 0 Å². The molecule has 1 aromatic rings. The van der Waals surface area contributed by atoms with Crippen molar-refractivity contribution in [3.8, 4) is 5.75 Å². The average molecular weight is 235 g/mol. The van der Waals surface area contributed by atoms with Crippen LogP contribution in [0.15, 0.2) is 6.20 Å². The summed E-state index contributed by atoms with van der Waals surface area (Å²) >= 11 is 0. The molecule has 0 amide bonds. The Kier molecular flexibility index (Phi) is 3.70. The Morgan fingerprint density at radius 1 is 1.62 bits per heavy atom. The fourth-order valence-electron chi connectivity index (χ4n) is 1.06. The molecule has 88 valence electrons. The monoisotopic (exact) mass is 235 g/mol. The van der Waals surface area contributed by atoms with Crippen LogP contribution in [-0.2, 0) is 4.74 Å². The van der Waals surface area contributed by atoms with Crippen molar-refractivity contribution in [1.29, 1.82) is 0 Å². The largest absolute Gasteiger partial charge is 0.504 e. The van der Waals surface area contributed by atoms with Gasteiger partial charge in [-0.2, -0.15) is 0 Å². The number of pyridine rings is 1. The number of hydrogen-bond donors (Lipinski definition) is 1. The van der Waals surface area contributed by atoms with Crippen molar-refractivity contribution in [2.45, 2.75) is 13.3 Å². The Hall–Kier alpha value is -1.79. The summed E-state index contributed by atoms with van der Waals surface area (Å²) in [6.07, 6.45) is -2.62. The highest BCUT2D eigenvalue weighted by Gasteiger charge is 2.27. The molecule has 7 heteroatoms. The SMILES string of the molecule is CCOC(=O)c1c(C(F)F)ncc(O)c1F. The minimum Gasteiger partial charge on any atom is -0.504 e. The second kappa shape index (κ2) is 4.82. The Morgan fingerprint density at radius 3 is 2.75 bits per heavy atom. The van der Waals surface area contributed by atoms with Gasteiger partial charge in [-0.1, -0.05) is 0 Å². The number of rotatable bonds is 3. The van der Waals surface area contributed by atoms with Crippen LogP contribution in [0.3, 0.4) is 0 Å². The molecule has 1 rings (SSSR count). The maximum atomic E-state index is 13.3. The van der Waals surface area contributed by atoms with E-state index in [1.54, 1.807) is 0 Å². The van der Waals surface area contributed by atoms with E-state index in [0.29, 0.717) is 6.20 Å². The van der Waals surface area contributed by atoms with Gasteiger partial charge in [0.1, 0.15) is 11.3 Å². The maximum absolute atomic E-state index is 13.3. The number of aromatic hydroxyl groups is 1. The molecule has 0 aliphatic heterocycles. The van der Waals surface area contributed by atoms with Gasteiger partial charge in [0.05, 0.1) is 12.8 Å². The summed E-state index contributed by atoms with van der Waals surface area (Å²) in [5.74, 6) is -3.71. The molecule has 0 aliphatic carbocycles. The second-order valence-electron chi connectivity index (χ2n) is 2.74. The number of halogens is 3. The fraction of sp³-hybridized carbons (Fsp3) is 0.333. The molecular formula is C9H8F3NO3. The van der Waals surface area contributed by atoms with Crippen molar-refractivity contribution in [2.24, 2.45) is 0 Å². The third-order valence-corrected chi connectivity index (χ3v) is 1.71. The van der Waals surface area contributed by atoms with Gasteiger partial charge >= 0.3 is 5.97 Å². The van der Waals surface area contributed by atoms with E-state index in [1.807, 2.05) is 0 Å². The molecule has 1 aromatic heterocycles. The minimum absolute atomic E-state index is 0.101. The lowest BCUT2D eigenvalue weighted by atomic mass is 10.2. The molecule has 0 aliphatic rings. The van der Waals surface area contributed by atoms with Crippen LogP contribution in [0.2, 0.25) is 0 Å². The number of esters is 1. The molecule has 0 unspecified atom stereocenters. The molecule has 1 N–H and O–H groups in total. The summed E-state index contributed by atoms with van der Waals surface area (Å²) in [5.41, 5.74) is -2.08. The van der Waals surface area contributed by atoms with E-state index in [1.165, 1.54) is 6.92 Å². The van der Waals surface area contributed by atoms with E-state index in [0.717, 1.165) is 0 Å². The third kappa shape index (κ3) is 2.23. The first-order chi connectivity index (χ1) is 7.49. The molecule has 1 heterocycles. The molecule has 0 aromatic carbocycles. The summed E-state index contributed by atoms with van der Waals surface area (Å²) in [6, 6.07) is 0. The molecule has 0 saturated heterocycles. The van der Waals surface area contributed by atoms with Gasteiger partial charge in [0.25, 0.3) is 6.43 Å². The topological polar surface area (TPSA) is 59.4 Å². The van der Waals surface area contributed by atoms with Gasteiger partial charge in [-0.3, -0.25) is 4.98 Å². The first-order valence-electron chi connectivity index (χ1n) is 4.31. The van der Waals surface area contributed by atoms with E-state index in [-0.39, 0.29) is 6.61 Å². The van der Waals surface area contributed by atoms with E-state index in [4.69, 9.17) is 5.11 Å². The average Bonchev–Trinajstić information content (AvgIpc) is 2.21. The molecular weight excluding hydrogens is 227 g/mol. The smallest absolute Gasteiger partial charge is 0.343 e. The number of hydrogen-bond acceptors (Lipinski definition) is 4. The van der Waals surface area contributed by atoms with Gasteiger partial charge in [0.15, 0.2) is 11.6 Å². The van der Waals surface area contributed by atoms with Crippen LogP contribution in [0.1, 0.15) is 29.4 Å². The van der Waals surface area contributed by atoms with Crippen molar-refractivity contribution < 1.29 is 27.8 Å². The van der Waals surface area contributed by atoms with Gasteiger partial charge in [0, 0.05) is 0 Å². The number of nitrogens with zero attached hydrogens (tertiary/aromatic N) is 1. The summed E-state index contributed by atoms with van der Waals surface area (Å²) in [7, 11) is 0. The predicted octanol–water partition coefficient (Wildman–Crippen LogP) is 2.04. The molecule has 0 spiro atoms. The number of ether oxygens (including phenoxy) is 1. The van der Waals surface area contributed by atoms with Gasteiger partial charge < -0.3 is 9.84 Å². The molecule has 16 heavy (non-hydrogen) atoms. The van der Waals surface area contributed by atoms with Crippen LogP contribution in [0.5, 0.6) is 5.75 Å². The third-order valence-electron chi connectivity index (χ3n) is 1.71. The first-order valence-corrected chi connectivity index (χ1v) is 4.31. The van der Waals surface area contributed by atoms with Crippen LogP contribution in [0.4, 0.5) is 13.2 Å². The van der Waals surface area contributed by atoms with Crippen LogP contribution in [0.25, 0.3) is 0 Å². The summed E-state index contributed by atoms with van der Waals surface area (Å²) in [5, 5.41) is 8.93. The highest BCUT2D eigenvalue weighted by Crippen LogP contribution is 2.27. The van der Waals surface area contributed by atoms with Crippen molar-refractivity contribution in [3.63, 3.8) is 0 Å². The van der Waals surface area contributed by atoms with Gasteiger partial charge in [-0.05, 0) is 6.92 Å². The highest BCUT2D eigenvalue weighted by atomic mass is 19.3. The summed E-state index contributed by atoms with van der Waals surface area (Å²) in [6.45, 7) is 1.34. The van der Waals surface area contributed by atoms with E-state index >= 15 is 0 Å². The number of carbonyl (C=O) groups excluding carboxylic acids is 1. The predicted molar refractivity (Wildman–Crippen MR) is 46.8 cm³/mol. The van der Waals surface area contributed by atoms with E-state index in [9.17, 15) is 18.0 Å². The lowest BCUT2D eigenvalue weighted by Crippen LogP contribution is -2.12. The van der Waals surface area contributed by atoms with Crippen LogP contribution < -0.4 is 0 Å². The first kappa shape index (κ1) is 12.3. The number of carbonyl (C=O) groups is 1. The van der Waals surface area contributed by atoms with Crippen molar-refractivity contribution in [2.75, 3.05) is 6.61 Å². The van der Waals surface area contributed by atoms with E-state index < -0.39 is 35.2 Å². The molecule has 0 atom stereocenters. The Morgan fingerprint density at radius 2 is 2.25 bits per heavy atom. The normalized spacial score (nSPS) is 10.6. The van der Waals surface area contributed by atoms with Gasteiger partial charge in [-0.25, -0.2) is 18.0 Å². The lowest BCUT2D eigenvalue weighted by Gasteiger charge is -2.08. The number of aromatic nitrogens is 1. The van der Waals surface area contributed by atoms with Gasteiger partial charge in [0.2, 0.25) is 0 Å². The zero-order valence-corrected chi connectivity index (χ0v) is 8.21. The quantitative estimate of drug-likeness (QED) is 0.814. The number of alkyl halides is 2. The molecule has 4 nitrogen and oxygen atoms in total. The Balaban J connectivity index is 3.31. The van der Waals surface area contributed by atoms with Crippen LogP contribution in [0, 0.1) is 5.82 Å². The van der Waals surface area contributed by atoms with Crippen LogP contribution >= 0.6 is 0 Å². The highest BCUT2D eigenvalue weighted by molar-refractivity contribution is 5.91. The summed E-state index contributed by atoms with van der Waals surface area (Å²) in [4.78, 5) is 14.3. The zero-order valence-electron chi connectivity index (χ0n) is 8.21. The zero-order chi connectivity index (χ0) is 12.3. The summed E-state index contributed by atoms with van der Waals surface area (Å²) < 4.78 is 42.5. The molecule has 0 radical (unpaired) electrons. The van der Waals surface area contributed by atoms with Crippen molar-refractivity contribution in [3.05, 3.63) is 23.3 Å². The van der Waals surface area contributed by atoms with E-state index in [2.05, 4.69) is 9.72 Å². The standard InChI is InChI=1S/C9H8F3NO3/c1-2-16-9(15)5-6(10)4(14)3-13-7(5)8(11)12/h3,8,14H,2H2,1H3. The Labute approximate surface area is 88.7 Å². The van der Waals surface area contributed by atoms with Crippen molar-refractivity contribution in [1.82, 2.24) is 4.98 Å². The van der Waals surface area contributed by atoms with Crippen molar-refractivity contribution >= 4 is 5.97 Å². The molecule has 0 saturated carbocycles. The molecule has 0 bridgehead atoms. The fourth-order valence-corrected chi connectivity index (χ4v) is 1.06. The van der Waals surface area contributed by atoms with Crippen LogP contribution in [-0.4, -0.2) is 22.7 Å².